The maximum atomic E-state index is 11.9. The van der Waals surface area contributed by atoms with E-state index in [9.17, 15) is 4.79 Å². The van der Waals surface area contributed by atoms with Crippen LogP contribution in [0, 0.1) is 5.92 Å². The lowest BCUT2D eigenvalue weighted by atomic mass is 10.00. The van der Waals surface area contributed by atoms with Gasteiger partial charge in [-0.3, -0.25) is 9.79 Å². The van der Waals surface area contributed by atoms with Crippen molar-refractivity contribution < 1.29 is 4.79 Å². The van der Waals surface area contributed by atoms with E-state index < -0.39 is 0 Å². The minimum absolute atomic E-state index is 0.128. The molecule has 1 saturated heterocycles. The molecule has 0 spiro atoms. The smallest absolute Gasteiger partial charge is 0.251 e. The van der Waals surface area contributed by atoms with E-state index in [0.29, 0.717) is 29.6 Å². The summed E-state index contributed by atoms with van der Waals surface area (Å²) in [5, 5.41) is 3.44. The normalized spacial score (nSPS) is 16.6. The highest BCUT2D eigenvalue weighted by molar-refractivity contribution is 6.30. The van der Waals surface area contributed by atoms with Crippen LogP contribution in [0.2, 0.25) is 5.02 Å². The molecule has 1 heterocycles. The third-order valence-electron chi connectivity index (χ3n) is 3.89. The molecule has 120 valence electrons. The van der Waals surface area contributed by atoms with E-state index >= 15 is 0 Å². The molecule has 3 N–H and O–H groups in total. The maximum Gasteiger partial charge on any atom is 0.251 e. The minimum atomic E-state index is -0.128. The second kappa shape index (κ2) is 8.03. The Morgan fingerprint density at radius 2 is 2.00 bits per heavy atom. The van der Waals surface area contributed by atoms with Gasteiger partial charge in [-0.1, -0.05) is 18.5 Å². The number of aliphatic imine (C=N–C) groups is 1. The second-order valence-electron chi connectivity index (χ2n) is 5.67. The Kier molecular flexibility index (Phi) is 6.07. The first-order valence-electron chi connectivity index (χ1n) is 7.65. The summed E-state index contributed by atoms with van der Waals surface area (Å²) in [5.74, 6) is 1.22. The molecule has 0 saturated carbocycles. The van der Waals surface area contributed by atoms with Gasteiger partial charge >= 0.3 is 0 Å². The quantitative estimate of drug-likeness (QED) is 0.507. The van der Waals surface area contributed by atoms with Crippen molar-refractivity contribution in [2.45, 2.75) is 19.8 Å². The van der Waals surface area contributed by atoms with Crippen molar-refractivity contribution in [3.05, 3.63) is 34.9 Å². The summed E-state index contributed by atoms with van der Waals surface area (Å²) in [6, 6.07) is 6.79. The van der Waals surface area contributed by atoms with Crippen molar-refractivity contribution in [2.24, 2.45) is 16.6 Å². The van der Waals surface area contributed by atoms with E-state index in [0.717, 1.165) is 31.8 Å². The summed E-state index contributed by atoms with van der Waals surface area (Å²) in [4.78, 5) is 18.3. The fraction of sp³-hybridized carbons (Fsp3) is 0.500. The summed E-state index contributed by atoms with van der Waals surface area (Å²) < 4.78 is 0. The van der Waals surface area contributed by atoms with Crippen molar-refractivity contribution >= 4 is 23.5 Å². The highest BCUT2D eigenvalue weighted by atomic mass is 35.5. The number of hydrogen-bond donors (Lipinski definition) is 2. The standard InChI is InChI=1S/C16H23ClN4O/c1-12-6-10-21(11-7-12)16(18)20-9-8-19-15(22)13-2-4-14(17)5-3-13/h2-5,12H,6-11H2,1H3,(H2,18,20)(H,19,22). The molecule has 1 aromatic rings. The number of rotatable bonds is 4. The average molecular weight is 323 g/mol. The first-order valence-corrected chi connectivity index (χ1v) is 8.02. The summed E-state index contributed by atoms with van der Waals surface area (Å²) in [6.45, 7) is 5.14. The Morgan fingerprint density at radius 3 is 2.64 bits per heavy atom. The first-order chi connectivity index (χ1) is 10.6. The maximum absolute atomic E-state index is 11.9. The van der Waals surface area contributed by atoms with Crippen LogP contribution < -0.4 is 11.1 Å². The zero-order valence-corrected chi connectivity index (χ0v) is 13.6. The largest absolute Gasteiger partial charge is 0.370 e. The Balaban J connectivity index is 1.72. The molecule has 1 fully saturated rings. The summed E-state index contributed by atoms with van der Waals surface area (Å²) >= 11 is 5.79. The number of carbonyl (C=O) groups excluding carboxylic acids is 1. The molecule has 0 bridgehead atoms. The number of amides is 1. The Bertz CT molecular complexity index is 521. The number of benzene rings is 1. The monoisotopic (exact) mass is 322 g/mol. The van der Waals surface area contributed by atoms with E-state index in [1.54, 1.807) is 24.3 Å². The average Bonchev–Trinajstić information content (AvgIpc) is 2.52. The summed E-state index contributed by atoms with van der Waals surface area (Å²) in [5.41, 5.74) is 6.58. The number of likely N-dealkylation sites (tertiary alicyclic amines) is 1. The van der Waals surface area contributed by atoms with Crippen LogP contribution >= 0.6 is 11.6 Å². The van der Waals surface area contributed by atoms with Crippen LogP contribution in [-0.2, 0) is 0 Å². The SMILES string of the molecule is CC1CCN(C(N)=NCCNC(=O)c2ccc(Cl)cc2)CC1. The molecular weight excluding hydrogens is 300 g/mol. The molecule has 1 amide bonds. The summed E-state index contributed by atoms with van der Waals surface area (Å²) in [6.07, 6.45) is 2.31. The predicted molar refractivity (Wildman–Crippen MR) is 90.2 cm³/mol. The Hall–Kier alpha value is -1.75. The molecule has 0 radical (unpaired) electrons. The van der Waals surface area contributed by atoms with Crippen molar-refractivity contribution in [3.63, 3.8) is 0 Å². The highest BCUT2D eigenvalue weighted by Crippen LogP contribution is 2.15. The van der Waals surface area contributed by atoms with Crippen LogP contribution in [0.4, 0.5) is 0 Å². The van der Waals surface area contributed by atoms with Crippen LogP contribution in [0.15, 0.2) is 29.3 Å². The van der Waals surface area contributed by atoms with Gasteiger partial charge in [0.1, 0.15) is 0 Å². The zero-order chi connectivity index (χ0) is 15.9. The lowest BCUT2D eigenvalue weighted by Gasteiger charge is -2.31. The van der Waals surface area contributed by atoms with Crippen LogP contribution in [0.25, 0.3) is 0 Å². The fourth-order valence-corrected chi connectivity index (χ4v) is 2.51. The number of nitrogens with zero attached hydrogens (tertiary/aromatic N) is 2. The van der Waals surface area contributed by atoms with E-state index in [1.165, 1.54) is 0 Å². The molecule has 0 atom stereocenters. The third-order valence-corrected chi connectivity index (χ3v) is 4.14. The molecular formula is C16H23ClN4O. The van der Waals surface area contributed by atoms with Gasteiger partial charge < -0.3 is 16.0 Å². The molecule has 22 heavy (non-hydrogen) atoms. The molecule has 0 aromatic heterocycles. The van der Waals surface area contributed by atoms with Crippen LogP contribution in [0.1, 0.15) is 30.1 Å². The molecule has 0 unspecified atom stereocenters. The van der Waals surface area contributed by atoms with Gasteiger partial charge in [-0.25, -0.2) is 0 Å². The molecule has 1 aliphatic rings. The van der Waals surface area contributed by atoms with Crippen molar-refractivity contribution in [2.75, 3.05) is 26.2 Å². The van der Waals surface area contributed by atoms with Gasteiger partial charge in [0.15, 0.2) is 5.96 Å². The Labute approximate surface area is 136 Å². The van der Waals surface area contributed by atoms with Gasteiger partial charge in [0.05, 0.1) is 6.54 Å². The van der Waals surface area contributed by atoms with Crippen molar-refractivity contribution in [1.82, 2.24) is 10.2 Å². The summed E-state index contributed by atoms with van der Waals surface area (Å²) in [7, 11) is 0. The van der Waals surface area contributed by atoms with E-state index in [-0.39, 0.29) is 5.91 Å². The van der Waals surface area contributed by atoms with Crippen LogP contribution in [0.3, 0.4) is 0 Å². The molecule has 0 aliphatic carbocycles. The van der Waals surface area contributed by atoms with Crippen molar-refractivity contribution in [1.29, 1.82) is 0 Å². The van der Waals surface area contributed by atoms with Gasteiger partial charge in [-0.05, 0) is 43.0 Å². The second-order valence-corrected chi connectivity index (χ2v) is 6.11. The number of carbonyl (C=O) groups is 1. The van der Waals surface area contributed by atoms with E-state index in [1.807, 2.05) is 0 Å². The van der Waals surface area contributed by atoms with Gasteiger partial charge in [0.25, 0.3) is 5.91 Å². The number of hydrogen-bond acceptors (Lipinski definition) is 2. The lowest BCUT2D eigenvalue weighted by Crippen LogP contribution is -2.42. The van der Waals surface area contributed by atoms with Crippen molar-refractivity contribution in [3.8, 4) is 0 Å². The third kappa shape index (κ3) is 4.91. The predicted octanol–water partition coefficient (Wildman–Crippen LogP) is 2.12. The van der Waals surface area contributed by atoms with Crippen LogP contribution in [0.5, 0.6) is 0 Å². The lowest BCUT2D eigenvalue weighted by molar-refractivity contribution is 0.0955. The number of piperidine rings is 1. The molecule has 1 aromatic carbocycles. The Morgan fingerprint density at radius 1 is 1.36 bits per heavy atom. The number of halogens is 1. The van der Waals surface area contributed by atoms with E-state index in [4.69, 9.17) is 17.3 Å². The molecule has 1 aliphatic heterocycles. The molecule has 5 nitrogen and oxygen atoms in total. The topological polar surface area (TPSA) is 70.7 Å². The fourth-order valence-electron chi connectivity index (χ4n) is 2.38. The number of guanidine groups is 1. The minimum Gasteiger partial charge on any atom is -0.370 e. The molecule has 6 heteroatoms. The highest BCUT2D eigenvalue weighted by Gasteiger charge is 2.16. The van der Waals surface area contributed by atoms with Gasteiger partial charge in [0.2, 0.25) is 0 Å². The first kappa shape index (κ1) is 16.6. The number of nitrogens with one attached hydrogen (secondary N) is 1. The van der Waals surface area contributed by atoms with Gasteiger partial charge in [-0.15, -0.1) is 0 Å². The molecule has 2 rings (SSSR count). The van der Waals surface area contributed by atoms with Gasteiger partial charge in [0, 0.05) is 30.2 Å². The number of nitrogens with two attached hydrogens (primary N) is 1. The van der Waals surface area contributed by atoms with E-state index in [2.05, 4.69) is 22.1 Å². The zero-order valence-electron chi connectivity index (χ0n) is 12.9. The van der Waals surface area contributed by atoms with Crippen LogP contribution in [-0.4, -0.2) is 42.9 Å². The van der Waals surface area contributed by atoms with Gasteiger partial charge in [-0.2, -0.15) is 0 Å².